The Balaban J connectivity index is 3.62. The summed E-state index contributed by atoms with van der Waals surface area (Å²) in [5, 5.41) is 21.4. The van der Waals surface area contributed by atoms with Gasteiger partial charge in [-0.3, -0.25) is 9.59 Å². The van der Waals surface area contributed by atoms with Crippen LogP contribution >= 0.6 is 0 Å². The molecule has 7 heteroatoms. The largest absolute Gasteiger partial charge is 0.388 e. The molecule has 0 aliphatic heterocycles. The molecule has 0 saturated heterocycles. The molecule has 0 heterocycles. The molecular weight excluding hydrogens is 266 g/mol. The summed E-state index contributed by atoms with van der Waals surface area (Å²) < 4.78 is 9.97. The van der Waals surface area contributed by atoms with Gasteiger partial charge in [-0.1, -0.05) is 13.2 Å². The third-order valence-electron chi connectivity index (χ3n) is 2.28. The zero-order chi connectivity index (χ0) is 15.4. The van der Waals surface area contributed by atoms with Gasteiger partial charge < -0.3 is 25.0 Å². The van der Waals surface area contributed by atoms with Crippen LogP contribution in [0.25, 0.3) is 0 Å². The summed E-state index contributed by atoms with van der Waals surface area (Å²) in [5.41, 5.74) is 0. The number of aliphatic hydroxyl groups is 2. The Morgan fingerprint density at radius 1 is 1.10 bits per heavy atom. The second-order valence-electron chi connectivity index (χ2n) is 3.89. The Morgan fingerprint density at radius 3 is 2.25 bits per heavy atom. The maximum Gasteiger partial charge on any atom is 0.245 e. The number of rotatable bonds is 12. The molecule has 0 fully saturated rings. The van der Waals surface area contributed by atoms with Crippen LogP contribution in [-0.4, -0.2) is 60.7 Å². The molecule has 0 aromatic carbocycles. The van der Waals surface area contributed by atoms with Crippen molar-refractivity contribution in [1.29, 1.82) is 0 Å². The lowest BCUT2D eigenvalue weighted by Gasteiger charge is -2.17. The summed E-state index contributed by atoms with van der Waals surface area (Å²) in [4.78, 5) is 21.6. The standard InChI is InChI=1S/C13H21NO6/c1-3-10(15)5-6-19-7-11(16)12(17)8-20-9-14-13(18)4-2/h3-4,11-12,16-17H,1-2,5-9H2,(H,14,18). The Bertz CT molecular complexity index is 299. The van der Waals surface area contributed by atoms with E-state index in [1.54, 1.807) is 0 Å². The maximum atomic E-state index is 10.9. The molecule has 2 unspecified atom stereocenters. The zero-order valence-corrected chi connectivity index (χ0v) is 11.3. The number of ketones is 1. The van der Waals surface area contributed by atoms with E-state index in [0.29, 0.717) is 0 Å². The van der Waals surface area contributed by atoms with Crippen molar-refractivity contribution >= 4 is 11.7 Å². The molecule has 0 bridgehead atoms. The molecule has 0 aliphatic rings. The van der Waals surface area contributed by atoms with E-state index in [-0.39, 0.29) is 38.8 Å². The van der Waals surface area contributed by atoms with Crippen LogP contribution in [0.3, 0.4) is 0 Å². The normalized spacial score (nSPS) is 13.3. The number of aliphatic hydroxyl groups excluding tert-OH is 2. The van der Waals surface area contributed by atoms with Crippen molar-refractivity contribution in [2.45, 2.75) is 18.6 Å². The van der Waals surface area contributed by atoms with E-state index in [9.17, 15) is 19.8 Å². The predicted octanol–water partition coefficient (Wildman–Crippen LogP) is -0.854. The molecule has 0 aromatic heterocycles. The van der Waals surface area contributed by atoms with Crippen LogP contribution in [0.2, 0.25) is 0 Å². The van der Waals surface area contributed by atoms with Gasteiger partial charge in [-0.15, -0.1) is 0 Å². The number of hydrogen-bond donors (Lipinski definition) is 3. The van der Waals surface area contributed by atoms with Crippen molar-refractivity contribution in [2.75, 3.05) is 26.6 Å². The SMILES string of the molecule is C=CC(=O)CCOCC(O)C(O)COCNC(=O)C=C. The molecule has 2 atom stereocenters. The third kappa shape index (κ3) is 9.40. The maximum absolute atomic E-state index is 10.9. The monoisotopic (exact) mass is 287 g/mol. The fourth-order valence-electron chi connectivity index (χ4n) is 1.08. The molecule has 0 radical (unpaired) electrons. The first-order valence-electron chi connectivity index (χ1n) is 6.08. The van der Waals surface area contributed by atoms with E-state index in [1.165, 1.54) is 6.08 Å². The highest BCUT2D eigenvalue weighted by atomic mass is 16.5. The van der Waals surface area contributed by atoms with E-state index in [2.05, 4.69) is 18.5 Å². The van der Waals surface area contributed by atoms with Crippen LogP contribution in [0.1, 0.15) is 6.42 Å². The number of carbonyl (C=O) groups is 2. The second-order valence-corrected chi connectivity index (χ2v) is 3.89. The quantitative estimate of drug-likeness (QED) is 0.245. The fraction of sp³-hybridized carbons (Fsp3) is 0.538. The number of ether oxygens (including phenoxy) is 2. The van der Waals surface area contributed by atoms with E-state index >= 15 is 0 Å². The lowest BCUT2D eigenvalue weighted by Crippen LogP contribution is -2.36. The predicted molar refractivity (Wildman–Crippen MR) is 71.8 cm³/mol. The van der Waals surface area contributed by atoms with E-state index in [0.717, 1.165) is 6.08 Å². The Hall–Kier alpha value is -1.54. The smallest absolute Gasteiger partial charge is 0.245 e. The molecule has 3 N–H and O–H groups in total. The molecule has 0 spiro atoms. The van der Waals surface area contributed by atoms with Crippen LogP contribution in [0.15, 0.2) is 25.3 Å². The van der Waals surface area contributed by atoms with Gasteiger partial charge >= 0.3 is 0 Å². The zero-order valence-electron chi connectivity index (χ0n) is 11.3. The van der Waals surface area contributed by atoms with Crippen molar-refractivity contribution in [3.63, 3.8) is 0 Å². The van der Waals surface area contributed by atoms with Gasteiger partial charge in [0.1, 0.15) is 18.9 Å². The summed E-state index contributed by atoms with van der Waals surface area (Å²) >= 11 is 0. The first-order valence-corrected chi connectivity index (χ1v) is 6.08. The number of nitrogens with one attached hydrogen (secondary N) is 1. The number of amides is 1. The molecule has 1 amide bonds. The van der Waals surface area contributed by atoms with Crippen molar-refractivity contribution < 1.29 is 29.3 Å². The molecule has 20 heavy (non-hydrogen) atoms. The van der Waals surface area contributed by atoms with Crippen LogP contribution < -0.4 is 5.32 Å². The number of allylic oxidation sites excluding steroid dienone is 1. The molecule has 0 aromatic rings. The van der Waals surface area contributed by atoms with Gasteiger partial charge in [0.25, 0.3) is 0 Å². The van der Waals surface area contributed by atoms with Crippen molar-refractivity contribution in [2.24, 2.45) is 0 Å². The lowest BCUT2D eigenvalue weighted by molar-refractivity contribution is -0.120. The first kappa shape index (κ1) is 18.5. The Morgan fingerprint density at radius 2 is 1.70 bits per heavy atom. The highest BCUT2D eigenvalue weighted by Gasteiger charge is 2.16. The molecule has 0 saturated carbocycles. The van der Waals surface area contributed by atoms with E-state index < -0.39 is 18.1 Å². The Labute approximate surface area is 117 Å². The van der Waals surface area contributed by atoms with Gasteiger partial charge in [0.15, 0.2) is 5.78 Å². The van der Waals surface area contributed by atoms with Crippen molar-refractivity contribution in [1.82, 2.24) is 5.32 Å². The van der Waals surface area contributed by atoms with Gasteiger partial charge in [0, 0.05) is 6.42 Å². The average molecular weight is 287 g/mol. The minimum Gasteiger partial charge on any atom is -0.388 e. The van der Waals surface area contributed by atoms with Crippen LogP contribution in [0.4, 0.5) is 0 Å². The minimum atomic E-state index is -1.15. The number of carbonyl (C=O) groups excluding carboxylic acids is 2. The van der Waals surface area contributed by atoms with Crippen molar-refractivity contribution in [3.8, 4) is 0 Å². The highest BCUT2D eigenvalue weighted by molar-refractivity contribution is 5.89. The summed E-state index contributed by atoms with van der Waals surface area (Å²) in [7, 11) is 0. The molecular formula is C13H21NO6. The summed E-state index contributed by atoms with van der Waals surface area (Å²) in [5.74, 6) is -0.545. The summed E-state index contributed by atoms with van der Waals surface area (Å²) in [6, 6.07) is 0. The van der Waals surface area contributed by atoms with Gasteiger partial charge in [0.05, 0.1) is 19.8 Å². The van der Waals surface area contributed by atoms with Crippen LogP contribution in [-0.2, 0) is 19.1 Å². The molecule has 0 rings (SSSR count). The Kier molecular flexibility index (Phi) is 10.4. The molecule has 7 nitrogen and oxygen atoms in total. The van der Waals surface area contributed by atoms with E-state index in [4.69, 9.17) is 9.47 Å². The average Bonchev–Trinajstić information content (AvgIpc) is 2.46. The van der Waals surface area contributed by atoms with Gasteiger partial charge in [-0.25, -0.2) is 0 Å². The molecule has 0 aliphatic carbocycles. The minimum absolute atomic E-state index is 0.0939. The first-order chi connectivity index (χ1) is 9.51. The second kappa shape index (κ2) is 11.3. The number of hydrogen-bond acceptors (Lipinski definition) is 6. The molecule has 114 valence electrons. The van der Waals surface area contributed by atoms with Crippen LogP contribution in [0.5, 0.6) is 0 Å². The van der Waals surface area contributed by atoms with Gasteiger partial charge in [-0.2, -0.15) is 0 Å². The highest BCUT2D eigenvalue weighted by Crippen LogP contribution is 1.97. The lowest BCUT2D eigenvalue weighted by atomic mass is 10.2. The van der Waals surface area contributed by atoms with Crippen LogP contribution in [0, 0.1) is 0 Å². The fourth-order valence-corrected chi connectivity index (χ4v) is 1.08. The van der Waals surface area contributed by atoms with Gasteiger partial charge in [0.2, 0.25) is 5.91 Å². The van der Waals surface area contributed by atoms with E-state index in [1.807, 2.05) is 0 Å². The van der Waals surface area contributed by atoms with Gasteiger partial charge in [-0.05, 0) is 12.2 Å². The summed E-state index contributed by atoms with van der Waals surface area (Å²) in [6.45, 7) is 6.35. The van der Waals surface area contributed by atoms with Crippen molar-refractivity contribution in [3.05, 3.63) is 25.3 Å². The third-order valence-corrected chi connectivity index (χ3v) is 2.28. The summed E-state index contributed by atoms with van der Waals surface area (Å²) in [6.07, 6.45) is 0.179. The topological polar surface area (TPSA) is 105 Å².